The van der Waals surface area contributed by atoms with Crippen molar-refractivity contribution in [2.24, 2.45) is 0 Å². The predicted molar refractivity (Wildman–Crippen MR) is 57.6 cm³/mol. The van der Waals surface area contributed by atoms with Crippen LogP contribution in [0.15, 0.2) is 15.8 Å². The molecule has 88 valence electrons. The maximum absolute atomic E-state index is 11.5. The van der Waals surface area contributed by atoms with Gasteiger partial charge in [0, 0.05) is 0 Å². The zero-order valence-corrected chi connectivity index (χ0v) is 10.4. The number of rotatable bonds is 2. The summed E-state index contributed by atoms with van der Waals surface area (Å²) >= 11 is 0.170. The molecule has 1 saturated heterocycles. The van der Waals surface area contributed by atoms with Gasteiger partial charge in [0.1, 0.15) is 0 Å². The molecule has 0 bridgehead atoms. The summed E-state index contributed by atoms with van der Waals surface area (Å²) in [4.78, 5) is 25.0. The van der Waals surface area contributed by atoms with E-state index in [2.05, 4.69) is 4.98 Å². The van der Waals surface area contributed by atoms with Gasteiger partial charge in [-0.25, -0.2) is 0 Å². The second-order valence-electron chi connectivity index (χ2n) is 3.51. The van der Waals surface area contributed by atoms with E-state index in [0.29, 0.717) is 5.56 Å². The molecule has 2 N–H and O–H groups in total. The van der Waals surface area contributed by atoms with Gasteiger partial charge < -0.3 is 0 Å². The molecule has 0 radical (unpaired) electrons. The molecule has 1 aromatic heterocycles. The number of hydrogen-bond donors (Lipinski definition) is 2. The summed E-state index contributed by atoms with van der Waals surface area (Å²) in [5, 5.41) is 9.51. The van der Waals surface area contributed by atoms with Gasteiger partial charge in [0.05, 0.1) is 0 Å². The number of H-pyrrole nitrogens is 1. The van der Waals surface area contributed by atoms with Crippen molar-refractivity contribution in [2.45, 2.75) is 23.5 Å². The average molecular weight is 291 g/mol. The fourth-order valence-electron chi connectivity index (χ4n) is 1.49. The zero-order chi connectivity index (χ0) is 11.7. The van der Waals surface area contributed by atoms with Crippen molar-refractivity contribution in [2.75, 3.05) is 6.61 Å². The molecule has 2 heterocycles. The molecule has 0 unspecified atom stereocenters. The molecular formula is C9H12N2O4Se. The average Bonchev–Trinajstić information content (AvgIpc) is 2.71. The quantitative estimate of drug-likeness (QED) is 0.671. The van der Waals surface area contributed by atoms with Gasteiger partial charge >= 0.3 is 97.0 Å². The topological polar surface area (TPSA) is 84.3 Å². The first-order valence-electron chi connectivity index (χ1n) is 4.82. The molecule has 0 saturated carbocycles. The van der Waals surface area contributed by atoms with Crippen molar-refractivity contribution in [1.29, 1.82) is 0 Å². The summed E-state index contributed by atoms with van der Waals surface area (Å²) < 4.78 is 6.87. The van der Waals surface area contributed by atoms with Crippen molar-refractivity contribution in [1.82, 2.24) is 9.55 Å². The molecule has 0 aliphatic carbocycles. The number of nitrogens with one attached hydrogen (secondary N) is 1. The van der Waals surface area contributed by atoms with Crippen molar-refractivity contribution < 1.29 is 9.84 Å². The van der Waals surface area contributed by atoms with Gasteiger partial charge in [-0.2, -0.15) is 0 Å². The van der Waals surface area contributed by atoms with Gasteiger partial charge in [0.2, 0.25) is 0 Å². The van der Waals surface area contributed by atoms with E-state index < -0.39 is 5.69 Å². The number of ether oxygens (including phenoxy) is 1. The molecule has 1 aliphatic rings. The second-order valence-corrected chi connectivity index (χ2v) is 6.02. The predicted octanol–water partition coefficient (Wildman–Crippen LogP) is -1.19. The summed E-state index contributed by atoms with van der Waals surface area (Å²) in [6.45, 7) is 1.62. The minimum atomic E-state index is -0.463. The molecule has 6 nitrogen and oxygen atoms in total. The van der Waals surface area contributed by atoms with Crippen LogP contribution >= 0.6 is 0 Å². The number of aliphatic hydroxyl groups is 1. The van der Waals surface area contributed by atoms with Gasteiger partial charge in [-0.3, -0.25) is 0 Å². The van der Waals surface area contributed by atoms with Crippen molar-refractivity contribution >= 4 is 15.0 Å². The SMILES string of the molecule is Cc1cn([C@H]2C[Se][C@H](CO)O2)c(=O)[nH]c1=O. The van der Waals surface area contributed by atoms with Gasteiger partial charge in [0.25, 0.3) is 0 Å². The number of aryl methyl sites for hydroxylation is 1. The molecule has 2 atom stereocenters. The van der Waals surface area contributed by atoms with E-state index in [4.69, 9.17) is 9.84 Å². The Kier molecular flexibility index (Phi) is 3.30. The number of aliphatic hydroxyl groups excluding tert-OH is 1. The fourth-order valence-corrected chi connectivity index (χ4v) is 3.44. The fraction of sp³-hybridized carbons (Fsp3) is 0.556. The van der Waals surface area contributed by atoms with E-state index in [-0.39, 0.29) is 38.4 Å². The Bertz CT molecular complexity index is 495. The number of aromatic nitrogens is 2. The summed E-state index contributed by atoms with van der Waals surface area (Å²) in [6, 6.07) is 0. The normalized spacial score (nSPS) is 24.9. The molecule has 0 spiro atoms. The summed E-state index contributed by atoms with van der Waals surface area (Å²) in [6.07, 6.45) is 1.14. The Labute approximate surface area is 97.4 Å². The van der Waals surface area contributed by atoms with Crippen LogP contribution in [0, 0.1) is 6.92 Å². The van der Waals surface area contributed by atoms with Crippen LogP contribution in [0.2, 0.25) is 5.32 Å². The molecular weight excluding hydrogens is 279 g/mol. The molecule has 16 heavy (non-hydrogen) atoms. The maximum atomic E-state index is 11.5. The molecule has 0 aromatic carbocycles. The van der Waals surface area contributed by atoms with Gasteiger partial charge in [0.15, 0.2) is 0 Å². The molecule has 1 aliphatic heterocycles. The second kappa shape index (κ2) is 4.55. The van der Waals surface area contributed by atoms with E-state index in [1.54, 1.807) is 6.92 Å². The van der Waals surface area contributed by atoms with E-state index in [0.717, 1.165) is 5.32 Å². The monoisotopic (exact) mass is 292 g/mol. The molecule has 1 fully saturated rings. The number of aromatic amines is 1. The van der Waals surface area contributed by atoms with E-state index in [9.17, 15) is 9.59 Å². The first kappa shape index (κ1) is 11.6. The Morgan fingerprint density at radius 1 is 1.69 bits per heavy atom. The van der Waals surface area contributed by atoms with Gasteiger partial charge in [-0.1, -0.05) is 0 Å². The van der Waals surface area contributed by atoms with Crippen LogP contribution in [0.5, 0.6) is 0 Å². The molecule has 2 rings (SSSR count). The first-order valence-corrected chi connectivity index (χ1v) is 7.02. The van der Waals surface area contributed by atoms with Crippen molar-refractivity contribution in [3.8, 4) is 0 Å². The van der Waals surface area contributed by atoms with Crippen molar-refractivity contribution in [3.05, 3.63) is 32.6 Å². The Morgan fingerprint density at radius 2 is 2.44 bits per heavy atom. The van der Waals surface area contributed by atoms with E-state index in [1.165, 1.54) is 10.8 Å². The Hall–Kier alpha value is -0.881. The van der Waals surface area contributed by atoms with E-state index >= 15 is 0 Å². The molecule has 0 amide bonds. The van der Waals surface area contributed by atoms with Crippen LogP contribution in [-0.4, -0.2) is 41.2 Å². The third kappa shape index (κ3) is 2.12. The van der Waals surface area contributed by atoms with Crippen LogP contribution in [0.3, 0.4) is 0 Å². The van der Waals surface area contributed by atoms with Crippen LogP contribution in [0.25, 0.3) is 0 Å². The minimum absolute atomic E-state index is 0.0203. The van der Waals surface area contributed by atoms with Crippen LogP contribution in [-0.2, 0) is 4.74 Å². The van der Waals surface area contributed by atoms with Crippen LogP contribution in [0.4, 0.5) is 0 Å². The number of hydrogen-bond acceptors (Lipinski definition) is 4. The van der Waals surface area contributed by atoms with E-state index in [1.807, 2.05) is 0 Å². The summed E-state index contributed by atoms with van der Waals surface area (Å²) in [5.41, 5.74) is -0.360. The summed E-state index contributed by atoms with van der Waals surface area (Å²) in [7, 11) is 0. The zero-order valence-electron chi connectivity index (χ0n) is 8.67. The number of nitrogens with zero attached hydrogens (tertiary/aromatic N) is 1. The standard InChI is InChI=1S/C9H12N2O4Se/c1-5-2-11(9(14)10-8(5)13)6-4-16-7(3-12)15-6/h2,6-7,12H,3-4H2,1H3,(H,10,13,14)/t6-,7-/m1/s1. The van der Waals surface area contributed by atoms with Crippen LogP contribution < -0.4 is 11.2 Å². The van der Waals surface area contributed by atoms with Crippen molar-refractivity contribution in [3.63, 3.8) is 0 Å². The van der Waals surface area contributed by atoms with Gasteiger partial charge in [-0.05, 0) is 0 Å². The van der Waals surface area contributed by atoms with Crippen LogP contribution in [0.1, 0.15) is 11.8 Å². The Balaban J connectivity index is 2.32. The molecule has 1 aromatic rings. The Morgan fingerprint density at radius 3 is 3.06 bits per heavy atom. The molecule has 7 heteroatoms. The third-order valence-electron chi connectivity index (χ3n) is 2.34. The van der Waals surface area contributed by atoms with Gasteiger partial charge in [-0.15, -0.1) is 0 Å². The third-order valence-corrected chi connectivity index (χ3v) is 4.67. The summed E-state index contributed by atoms with van der Waals surface area (Å²) in [5.74, 6) is 0. The first-order chi connectivity index (χ1) is 7.61.